The molecule has 1 unspecified atom stereocenters. The van der Waals surface area contributed by atoms with E-state index in [1.165, 1.54) is 7.11 Å². The maximum Gasteiger partial charge on any atom is 0.307 e. The van der Waals surface area contributed by atoms with Crippen molar-refractivity contribution in [3.8, 4) is 0 Å². The Morgan fingerprint density at radius 1 is 1.18 bits per heavy atom. The molecule has 122 valence electrons. The lowest BCUT2D eigenvalue weighted by Gasteiger charge is -2.28. The van der Waals surface area contributed by atoms with Gasteiger partial charge in [0, 0.05) is 19.1 Å². The number of hydrogen-bond donors (Lipinski definition) is 0. The standard InChI is InChI=1S/C17H25NO4/c1-4-22-17(20)12-14(2)18(11-10-16(19)21-3)13-15-8-6-5-7-9-15/h5-9,14H,4,10-13H2,1-3H3. The molecule has 0 amide bonds. The van der Waals surface area contributed by atoms with Crippen LogP contribution in [0.5, 0.6) is 0 Å². The zero-order valence-corrected chi connectivity index (χ0v) is 13.6. The molecule has 0 spiro atoms. The minimum Gasteiger partial charge on any atom is -0.469 e. The third kappa shape index (κ3) is 6.72. The van der Waals surface area contributed by atoms with Crippen LogP contribution in [0, 0.1) is 0 Å². The summed E-state index contributed by atoms with van der Waals surface area (Å²) >= 11 is 0. The topological polar surface area (TPSA) is 55.8 Å². The number of benzene rings is 1. The molecule has 1 aromatic carbocycles. The van der Waals surface area contributed by atoms with E-state index in [1.807, 2.05) is 37.3 Å². The second kappa shape index (κ2) is 9.95. The molecule has 0 fully saturated rings. The van der Waals surface area contributed by atoms with Crippen molar-refractivity contribution in [2.45, 2.75) is 39.3 Å². The number of carbonyl (C=O) groups excluding carboxylic acids is 2. The smallest absolute Gasteiger partial charge is 0.307 e. The van der Waals surface area contributed by atoms with Gasteiger partial charge in [0.05, 0.1) is 26.6 Å². The molecule has 0 aliphatic rings. The largest absolute Gasteiger partial charge is 0.469 e. The Labute approximate surface area is 132 Å². The van der Waals surface area contributed by atoms with Crippen molar-refractivity contribution in [2.75, 3.05) is 20.3 Å². The monoisotopic (exact) mass is 307 g/mol. The Morgan fingerprint density at radius 2 is 1.86 bits per heavy atom. The van der Waals surface area contributed by atoms with Gasteiger partial charge >= 0.3 is 11.9 Å². The Hall–Kier alpha value is -1.88. The molecule has 1 atom stereocenters. The predicted molar refractivity (Wildman–Crippen MR) is 84.2 cm³/mol. The second-order valence-corrected chi connectivity index (χ2v) is 5.14. The summed E-state index contributed by atoms with van der Waals surface area (Å²) in [7, 11) is 1.38. The Morgan fingerprint density at radius 3 is 2.45 bits per heavy atom. The van der Waals surface area contributed by atoms with Crippen LogP contribution >= 0.6 is 0 Å². The van der Waals surface area contributed by atoms with Crippen molar-refractivity contribution in [3.05, 3.63) is 35.9 Å². The minimum atomic E-state index is -0.249. The lowest BCUT2D eigenvalue weighted by atomic mass is 10.1. The summed E-state index contributed by atoms with van der Waals surface area (Å²) in [5.74, 6) is -0.465. The first kappa shape index (κ1) is 18.2. The van der Waals surface area contributed by atoms with E-state index in [9.17, 15) is 9.59 Å². The minimum absolute atomic E-state index is 0.0103. The van der Waals surface area contributed by atoms with E-state index in [0.29, 0.717) is 32.5 Å². The fraction of sp³-hybridized carbons (Fsp3) is 0.529. The molecule has 0 heterocycles. The van der Waals surface area contributed by atoms with Gasteiger partial charge in [-0.2, -0.15) is 0 Å². The molecule has 0 aliphatic carbocycles. The van der Waals surface area contributed by atoms with Gasteiger partial charge in [-0.1, -0.05) is 30.3 Å². The Balaban J connectivity index is 2.67. The van der Waals surface area contributed by atoms with Gasteiger partial charge in [0.1, 0.15) is 0 Å². The van der Waals surface area contributed by atoms with Gasteiger partial charge < -0.3 is 9.47 Å². The van der Waals surface area contributed by atoms with Crippen LogP contribution in [0.25, 0.3) is 0 Å². The third-order valence-electron chi connectivity index (χ3n) is 3.45. The molecule has 5 heteroatoms. The molecule has 22 heavy (non-hydrogen) atoms. The average Bonchev–Trinajstić information content (AvgIpc) is 2.52. The number of ether oxygens (including phenoxy) is 2. The molecule has 0 saturated carbocycles. The quantitative estimate of drug-likeness (QED) is 0.656. The van der Waals surface area contributed by atoms with Crippen LogP contribution in [-0.2, 0) is 25.6 Å². The van der Waals surface area contributed by atoms with Crippen LogP contribution in [0.15, 0.2) is 30.3 Å². The number of carbonyl (C=O) groups is 2. The summed E-state index contributed by atoms with van der Waals surface area (Å²) in [6, 6.07) is 9.96. The van der Waals surface area contributed by atoms with Crippen molar-refractivity contribution >= 4 is 11.9 Å². The van der Waals surface area contributed by atoms with E-state index in [1.54, 1.807) is 6.92 Å². The van der Waals surface area contributed by atoms with Crippen molar-refractivity contribution in [1.82, 2.24) is 4.90 Å². The fourth-order valence-electron chi connectivity index (χ4n) is 2.20. The average molecular weight is 307 g/mol. The first-order valence-corrected chi connectivity index (χ1v) is 7.57. The zero-order chi connectivity index (χ0) is 16.4. The molecule has 1 rings (SSSR count). The first-order chi connectivity index (χ1) is 10.6. The zero-order valence-electron chi connectivity index (χ0n) is 13.6. The highest BCUT2D eigenvalue weighted by Crippen LogP contribution is 2.12. The van der Waals surface area contributed by atoms with Crippen LogP contribution in [0.3, 0.4) is 0 Å². The van der Waals surface area contributed by atoms with Crippen molar-refractivity contribution in [3.63, 3.8) is 0 Å². The van der Waals surface area contributed by atoms with Crippen LogP contribution < -0.4 is 0 Å². The highest BCUT2D eigenvalue weighted by molar-refractivity contribution is 5.70. The van der Waals surface area contributed by atoms with Crippen LogP contribution in [0.1, 0.15) is 32.3 Å². The SMILES string of the molecule is CCOC(=O)CC(C)N(CCC(=O)OC)Cc1ccccc1. The number of rotatable bonds is 9. The molecule has 0 aromatic heterocycles. The summed E-state index contributed by atoms with van der Waals surface area (Å²) in [4.78, 5) is 25.1. The summed E-state index contributed by atoms with van der Waals surface area (Å²) in [5.41, 5.74) is 1.14. The van der Waals surface area contributed by atoms with Gasteiger partial charge in [0.2, 0.25) is 0 Å². The summed E-state index contributed by atoms with van der Waals surface area (Å²) in [6.45, 7) is 5.37. The first-order valence-electron chi connectivity index (χ1n) is 7.57. The van der Waals surface area contributed by atoms with E-state index in [4.69, 9.17) is 9.47 Å². The Kier molecular flexibility index (Phi) is 8.22. The molecule has 5 nitrogen and oxygen atoms in total. The van der Waals surface area contributed by atoms with Gasteiger partial charge in [0.25, 0.3) is 0 Å². The molecular formula is C17H25NO4. The number of methoxy groups -OCH3 is 1. The molecule has 1 aromatic rings. The lowest BCUT2D eigenvalue weighted by Crippen LogP contribution is -2.36. The van der Waals surface area contributed by atoms with Crippen molar-refractivity contribution in [2.24, 2.45) is 0 Å². The molecule has 0 saturated heterocycles. The predicted octanol–water partition coefficient (Wildman–Crippen LogP) is 2.39. The van der Waals surface area contributed by atoms with E-state index in [2.05, 4.69) is 4.90 Å². The molecule has 0 aliphatic heterocycles. The van der Waals surface area contributed by atoms with Gasteiger partial charge in [-0.3, -0.25) is 14.5 Å². The summed E-state index contributed by atoms with van der Waals surface area (Å²) < 4.78 is 9.70. The van der Waals surface area contributed by atoms with Crippen molar-refractivity contribution < 1.29 is 19.1 Å². The highest BCUT2D eigenvalue weighted by Gasteiger charge is 2.19. The third-order valence-corrected chi connectivity index (χ3v) is 3.45. The Bertz CT molecular complexity index is 461. The molecule has 0 radical (unpaired) electrons. The van der Waals surface area contributed by atoms with E-state index in [0.717, 1.165) is 5.56 Å². The van der Waals surface area contributed by atoms with Gasteiger partial charge in [-0.15, -0.1) is 0 Å². The maximum absolute atomic E-state index is 11.7. The molecule has 0 bridgehead atoms. The van der Waals surface area contributed by atoms with Crippen LogP contribution in [-0.4, -0.2) is 43.1 Å². The van der Waals surface area contributed by atoms with Crippen LogP contribution in [0.2, 0.25) is 0 Å². The van der Waals surface area contributed by atoms with E-state index in [-0.39, 0.29) is 18.0 Å². The van der Waals surface area contributed by atoms with E-state index < -0.39 is 0 Å². The number of nitrogens with zero attached hydrogens (tertiary/aromatic N) is 1. The van der Waals surface area contributed by atoms with Gasteiger partial charge in [-0.05, 0) is 19.4 Å². The summed E-state index contributed by atoms with van der Waals surface area (Å²) in [6.07, 6.45) is 0.609. The molecular weight excluding hydrogens is 282 g/mol. The second-order valence-electron chi connectivity index (χ2n) is 5.14. The highest BCUT2D eigenvalue weighted by atomic mass is 16.5. The fourth-order valence-corrected chi connectivity index (χ4v) is 2.20. The van der Waals surface area contributed by atoms with Gasteiger partial charge in [-0.25, -0.2) is 0 Å². The van der Waals surface area contributed by atoms with Gasteiger partial charge in [0.15, 0.2) is 0 Å². The number of hydrogen-bond acceptors (Lipinski definition) is 5. The normalized spacial score (nSPS) is 12.0. The van der Waals surface area contributed by atoms with Crippen molar-refractivity contribution in [1.29, 1.82) is 0 Å². The van der Waals surface area contributed by atoms with E-state index >= 15 is 0 Å². The lowest BCUT2D eigenvalue weighted by molar-refractivity contribution is -0.144. The summed E-state index contributed by atoms with van der Waals surface area (Å²) in [5, 5.41) is 0. The molecule has 0 N–H and O–H groups in total. The number of esters is 2. The maximum atomic E-state index is 11.7. The van der Waals surface area contributed by atoms with Crippen LogP contribution in [0.4, 0.5) is 0 Å².